The van der Waals surface area contributed by atoms with Gasteiger partial charge in [0, 0.05) is 25.2 Å². The molecule has 0 aromatic heterocycles. The summed E-state index contributed by atoms with van der Waals surface area (Å²) >= 11 is 0. The van der Waals surface area contributed by atoms with E-state index < -0.39 is 0 Å². The molecule has 0 aromatic carbocycles. The summed E-state index contributed by atoms with van der Waals surface area (Å²) in [6.07, 6.45) is 6.68. The molecule has 0 radical (unpaired) electrons. The summed E-state index contributed by atoms with van der Waals surface area (Å²) in [5.41, 5.74) is 6.22. The van der Waals surface area contributed by atoms with Gasteiger partial charge >= 0.3 is 0 Å². The maximum atomic E-state index is 5.33. The molecule has 0 bridgehead atoms. The first-order valence-electron chi connectivity index (χ1n) is 5.52. The van der Waals surface area contributed by atoms with Crippen LogP contribution in [0.15, 0.2) is 12.3 Å². The minimum atomic E-state index is 0.552. The van der Waals surface area contributed by atoms with E-state index in [9.17, 15) is 0 Å². The highest BCUT2D eigenvalue weighted by molar-refractivity contribution is 4.96. The molecule has 4 nitrogen and oxygen atoms in total. The standard InChI is InChI=1S/C12H22N2O2/c1-3-4-5-12(2)14-7-9-16-11-10-15-8-6-13/h1,14H,2,4-11,13H2. The third kappa shape index (κ3) is 11.1. The smallest absolute Gasteiger partial charge is 0.0701 e. The van der Waals surface area contributed by atoms with E-state index in [-0.39, 0.29) is 0 Å². The molecule has 3 N–H and O–H groups in total. The van der Waals surface area contributed by atoms with Crippen molar-refractivity contribution in [3.63, 3.8) is 0 Å². The normalized spacial score (nSPS) is 9.75. The minimum Gasteiger partial charge on any atom is -0.386 e. The van der Waals surface area contributed by atoms with Crippen LogP contribution in [0.2, 0.25) is 0 Å². The molecule has 0 unspecified atom stereocenters. The summed E-state index contributed by atoms with van der Waals surface area (Å²) in [6, 6.07) is 0. The van der Waals surface area contributed by atoms with Gasteiger partial charge in [0.25, 0.3) is 0 Å². The molecule has 92 valence electrons. The Morgan fingerprint density at radius 3 is 2.56 bits per heavy atom. The fraction of sp³-hybridized carbons (Fsp3) is 0.667. The van der Waals surface area contributed by atoms with Crippen LogP contribution in [0.1, 0.15) is 12.8 Å². The second kappa shape index (κ2) is 12.1. The van der Waals surface area contributed by atoms with Crippen molar-refractivity contribution in [2.45, 2.75) is 12.8 Å². The van der Waals surface area contributed by atoms with Gasteiger partial charge in [0.05, 0.1) is 26.4 Å². The summed E-state index contributed by atoms with van der Waals surface area (Å²) in [4.78, 5) is 0. The Hall–Kier alpha value is -1.02. The van der Waals surface area contributed by atoms with Gasteiger partial charge in [-0.15, -0.1) is 12.3 Å². The largest absolute Gasteiger partial charge is 0.386 e. The number of nitrogens with two attached hydrogens (primary N) is 1. The molecule has 4 heteroatoms. The van der Waals surface area contributed by atoms with Crippen LogP contribution in [0.4, 0.5) is 0 Å². The van der Waals surface area contributed by atoms with Crippen LogP contribution in [0.5, 0.6) is 0 Å². The van der Waals surface area contributed by atoms with Crippen LogP contribution in [0, 0.1) is 12.3 Å². The fourth-order valence-electron chi connectivity index (χ4n) is 1.02. The molecule has 0 fully saturated rings. The second-order valence-electron chi connectivity index (χ2n) is 3.25. The lowest BCUT2D eigenvalue weighted by Crippen LogP contribution is -2.20. The van der Waals surface area contributed by atoms with Gasteiger partial charge in [0.1, 0.15) is 0 Å². The number of allylic oxidation sites excluding steroid dienone is 1. The van der Waals surface area contributed by atoms with Gasteiger partial charge in [-0.3, -0.25) is 0 Å². The van der Waals surface area contributed by atoms with Crippen molar-refractivity contribution in [1.29, 1.82) is 0 Å². The molecule has 0 saturated heterocycles. The average Bonchev–Trinajstić information content (AvgIpc) is 2.30. The molecule has 0 aliphatic rings. The lowest BCUT2D eigenvalue weighted by Gasteiger charge is -2.08. The molecule has 0 heterocycles. The lowest BCUT2D eigenvalue weighted by molar-refractivity contribution is 0.0524. The van der Waals surface area contributed by atoms with E-state index >= 15 is 0 Å². The van der Waals surface area contributed by atoms with E-state index in [1.807, 2.05) is 0 Å². The Labute approximate surface area is 98.2 Å². The molecule has 0 saturated carbocycles. The molecule has 0 aromatic rings. The predicted octanol–water partition coefficient (Wildman–Crippen LogP) is 0.495. The Balaban J connectivity index is 3.09. The molecule has 16 heavy (non-hydrogen) atoms. The van der Waals surface area contributed by atoms with Crippen molar-refractivity contribution in [3.05, 3.63) is 12.3 Å². The second-order valence-corrected chi connectivity index (χ2v) is 3.25. The van der Waals surface area contributed by atoms with E-state index in [0.717, 1.165) is 25.1 Å². The SMILES string of the molecule is C#CCCC(=C)NCCOCCOCCN. The highest BCUT2D eigenvalue weighted by Gasteiger charge is 1.92. The van der Waals surface area contributed by atoms with Gasteiger partial charge in [-0.1, -0.05) is 6.58 Å². The van der Waals surface area contributed by atoms with Crippen molar-refractivity contribution in [1.82, 2.24) is 5.32 Å². The maximum Gasteiger partial charge on any atom is 0.0701 e. The molecule has 0 amide bonds. The monoisotopic (exact) mass is 226 g/mol. The predicted molar refractivity (Wildman–Crippen MR) is 65.9 cm³/mol. The Morgan fingerprint density at radius 1 is 1.25 bits per heavy atom. The van der Waals surface area contributed by atoms with E-state index in [4.69, 9.17) is 21.6 Å². The fourth-order valence-corrected chi connectivity index (χ4v) is 1.02. The van der Waals surface area contributed by atoms with Gasteiger partial charge in [0.15, 0.2) is 0 Å². The van der Waals surface area contributed by atoms with Gasteiger partial charge in [0.2, 0.25) is 0 Å². The highest BCUT2D eigenvalue weighted by atomic mass is 16.5. The molecule has 0 rings (SSSR count). The van der Waals surface area contributed by atoms with Crippen molar-refractivity contribution in [2.75, 3.05) is 39.5 Å². The van der Waals surface area contributed by atoms with Crippen LogP contribution in [-0.2, 0) is 9.47 Å². The van der Waals surface area contributed by atoms with Gasteiger partial charge in [-0.05, 0) is 6.42 Å². The lowest BCUT2D eigenvalue weighted by atomic mass is 10.2. The van der Waals surface area contributed by atoms with Crippen LogP contribution in [0.3, 0.4) is 0 Å². The topological polar surface area (TPSA) is 56.5 Å². The molecule has 0 aliphatic carbocycles. The third-order valence-electron chi connectivity index (χ3n) is 1.83. The number of nitrogens with one attached hydrogen (secondary N) is 1. The Bertz CT molecular complexity index is 212. The van der Waals surface area contributed by atoms with E-state index in [1.54, 1.807) is 0 Å². The van der Waals surface area contributed by atoms with Crippen LogP contribution in [-0.4, -0.2) is 39.5 Å². The van der Waals surface area contributed by atoms with Gasteiger partial charge in [-0.2, -0.15) is 0 Å². The zero-order valence-electron chi connectivity index (χ0n) is 9.84. The minimum absolute atomic E-state index is 0.552. The quantitative estimate of drug-likeness (QED) is 0.398. The number of ether oxygens (including phenoxy) is 2. The number of hydrogen-bond donors (Lipinski definition) is 2. The van der Waals surface area contributed by atoms with Crippen LogP contribution in [0.25, 0.3) is 0 Å². The first-order chi connectivity index (χ1) is 7.81. The summed E-state index contributed by atoms with van der Waals surface area (Å²) in [5.74, 6) is 2.57. The van der Waals surface area contributed by atoms with E-state index in [1.165, 1.54) is 0 Å². The zero-order chi connectivity index (χ0) is 12.1. The molecule has 0 spiro atoms. The number of rotatable bonds is 11. The molecule has 0 aliphatic heterocycles. The summed E-state index contributed by atoms with van der Waals surface area (Å²) in [7, 11) is 0. The van der Waals surface area contributed by atoms with Crippen molar-refractivity contribution < 1.29 is 9.47 Å². The van der Waals surface area contributed by atoms with Crippen molar-refractivity contribution >= 4 is 0 Å². The van der Waals surface area contributed by atoms with E-state index in [2.05, 4.69) is 17.8 Å². The van der Waals surface area contributed by atoms with Gasteiger partial charge in [-0.25, -0.2) is 0 Å². The molecular formula is C12H22N2O2. The van der Waals surface area contributed by atoms with Crippen LogP contribution < -0.4 is 11.1 Å². The number of hydrogen-bond acceptors (Lipinski definition) is 4. The van der Waals surface area contributed by atoms with Crippen molar-refractivity contribution in [2.24, 2.45) is 5.73 Å². The Kier molecular flexibility index (Phi) is 11.3. The average molecular weight is 226 g/mol. The van der Waals surface area contributed by atoms with Crippen LogP contribution >= 0.6 is 0 Å². The van der Waals surface area contributed by atoms with E-state index in [0.29, 0.717) is 33.0 Å². The molecular weight excluding hydrogens is 204 g/mol. The molecule has 0 atom stereocenters. The van der Waals surface area contributed by atoms with Gasteiger partial charge < -0.3 is 20.5 Å². The summed E-state index contributed by atoms with van der Waals surface area (Å²) in [6.45, 7) is 7.57. The summed E-state index contributed by atoms with van der Waals surface area (Å²) < 4.78 is 10.5. The first-order valence-corrected chi connectivity index (χ1v) is 5.52. The third-order valence-corrected chi connectivity index (χ3v) is 1.83. The maximum absolute atomic E-state index is 5.33. The van der Waals surface area contributed by atoms with Crippen molar-refractivity contribution in [3.8, 4) is 12.3 Å². The zero-order valence-corrected chi connectivity index (χ0v) is 9.84. The Morgan fingerprint density at radius 2 is 1.94 bits per heavy atom. The summed E-state index contributed by atoms with van der Waals surface area (Å²) in [5, 5.41) is 3.14. The number of terminal acetylenes is 1. The first kappa shape index (κ1) is 15.0. The highest BCUT2D eigenvalue weighted by Crippen LogP contribution is 1.95.